The third-order valence-corrected chi connectivity index (χ3v) is 4.51. The van der Waals surface area contributed by atoms with E-state index >= 15 is 0 Å². The van der Waals surface area contributed by atoms with Gasteiger partial charge in [0, 0.05) is 17.8 Å². The number of para-hydroxylation sites is 1. The van der Waals surface area contributed by atoms with E-state index in [1.54, 1.807) is 7.11 Å². The quantitative estimate of drug-likeness (QED) is 0.527. The molecule has 0 aliphatic carbocycles. The van der Waals surface area contributed by atoms with Gasteiger partial charge in [-0.25, -0.2) is 9.78 Å². The molecule has 0 bridgehead atoms. The number of alkyl halides is 3. The fourth-order valence-corrected chi connectivity index (χ4v) is 3.00. The summed E-state index contributed by atoms with van der Waals surface area (Å²) in [5.41, 5.74) is 4.68. The van der Waals surface area contributed by atoms with Crippen LogP contribution in [-0.4, -0.2) is 33.9 Å². The summed E-state index contributed by atoms with van der Waals surface area (Å²) < 4.78 is 39.5. The van der Waals surface area contributed by atoms with E-state index in [2.05, 4.69) is 47.9 Å². The van der Waals surface area contributed by atoms with Crippen molar-refractivity contribution in [2.75, 3.05) is 7.11 Å². The maximum Gasteiger partial charge on any atom is 0.490 e. The van der Waals surface area contributed by atoms with Gasteiger partial charge < -0.3 is 14.4 Å². The predicted molar refractivity (Wildman–Crippen MR) is 112 cm³/mol. The molecule has 3 rings (SSSR count). The lowest BCUT2D eigenvalue weighted by Gasteiger charge is -2.12. The number of nitrogens with zero attached hydrogens (tertiary/aromatic N) is 2. The lowest BCUT2D eigenvalue weighted by molar-refractivity contribution is -0.192. The van der Waals surface area contributed by atoms with E-state index in [4.69, 9.17) is 19.6 Å². The molecule has 2 aromatic carbocycles. The number of rotatable bonds is 7. The van der Waals surface area contributed by atoms with Crippen molar-refractivity contribution in [3.8, 4) is 17.0 Å². The zero-order valence-corrected chi connectivity index (χ0v) is 17.4. The van der Waals surface area contributed by atoms with Crippen LogP contribution in [0.5, 0.6) is 5.75 Å². The molecule has 166 valence electrons. The number of aromatic nitrogens is 2. The highest BCUT2D eigenvalue weighted by atomic mass is 19.4. The van der Waals surface area contributed by atoms with Crippen LogP contribution in [0.2, 0.25) is 0 Å². The van der Waals surface area contributed by atoms with Crippen LogP contribution in [-0.2, 0) is 17.8 Å². The molecule has 0 radical (unpaired) electrons. The second-order valence-electron chi connectivity index (χ2n) is 6.76. The number of aliphatic carboxylic acids is 1. The van der Waals surface area contributed by atoms with Crippen LogP contribution in [0.25, 0.3) is 11.3 Å². The number of ether oxygens (including phenoxy) is 1. The maximum absolute atomic E-state index is 10.6. The molecule has 1 aromatic heterocycles. The normalized spacial score (nSPS) is 10.9. The van der Waals surface area contributed by atoms with Gasteiger partial charge in [-0.15, -0.1) is 0 Å². The molecule has 1 N–H and O–H groups in total. The van der Waals surface area contributed by atoms with E-state index in [1.165, 1.54) is 17.7 Å². The first-order valence-electron chi connectivity index (χ1n) is 9.79. The largest absolute Gasteiger partial charge is 0.496 e. The summed E-state index contributed by atoms with van der Waals surface area (Å²) in [6, 6.07) is 18.7. The Morgan fingerprint density at radius 2 is 1.71 bits per heavy atom. The molecule has 0 saturated carbocycles. The SMILES string of the molecule is CCCCc1c(-c2ccccc2OC)ncn1Cc1ccccc1.O=C(O)C(F)(F)F. The van der Waals surface area contributed by atoms with Gasteiger partial charge >= 0.3 is 12.1 Å². The smallest absolute Gasteiger partial charge is 0.490 e. The van der Waals surface area contributed by atoms with Crippen molar-refractivity contribution in [2.45, 2.75) is 38.9 Å². The zero-order valence-electron chi connectivity index (χ0n) is 17.4. The molecule has 0 unspecified atom stereocenters. The van der Waals surface area contributed by atoms with E-state index in [0.29, 0.717) is 0 Å². The summed E-state index contributed by atoms with van der Waals surface area (Å²) in [6.07, 6.45) is 0.223. The average molecular weight is 434 g/mol. The monoisotopic (exact) mass is 434 g/mol. The van der Waals surface area contributed by atoms with Gasteiger partial charge in [0.05, 0.1) is 19.1 Å². The molecular weight excluding hydrogens is 409 g/mol. The van der Waals surface area contributed by atoms with Gasteiger partial charge in [-0.2, -0.15) is 13.2 Å². The summed E-state index contributed by atoms with van der Waals surface area (Å²) in [4.78, 5) is 13.6. The number of imidazole rings is 1. The Kier molecular flexibility index (Phi) is 8.66. The Bertz CT molecular complexity index is 970. The number of carboxylic acid groups (broad SMARTS) is 1. The van der Waals surface area contributed by atoms with Gasteiger partial charge in [-0.05, 0) is 30.5 Å². The number of unbranched alkanes of at least 4 members (excludes halogenated alkanes) is 1. The Morgan fingerprint density at radius 1 is 1.10 bits per heavy atom. The Morgan fingerprint density at radius 3 is 2.29 bits per heavy atom. The number of hydrogen-bond donors (Lipinski definition) is 1. The minimum absolute atomic E-state index is 0.849. The van der Waals surface area contributed by atoms with Crippen LogP contribution in [0, 0.1) is 0 Å². The summed E-state index contributed by atoms with van der Waals surface area (Å²) in [5, 5.41) is 7.12. The molecule has 8 heteroatoms. The average Bonchev–Trinajstić information content (AvgIpc) is 3.14. The molecule has 0 spiro atoms. The molecule has 0 fully saturated rings. The molecule has 5 nitrogen and oxygen atoms in total. The maximum atomic E-state index is 10.6. The van der Waals surface area contributed by atoms with Gasteiger partial charge in [-0.1, -0.05) is 55.8 Å². The number of methoxy groups -OCH3 is 1. The molecule has 1 heterocycles. The van der Waals surface area contributed by atoms with Gasteiger partial charge in [0.25, 0.3) is 0 Å². The van der Waals surface area contributed by atoms with E-state index in [0.717, 1.165) is 36.4 Å². The van der Waals surface area contributed by atoms with Crippen molar-refractivity contribution in [2.24, 2.45) is 0 Å². The second-order valence-corrected chi connectivity index (χ2v) is 6.76. The molecule has 3 aromatic rings. The Balaban J connectivity index is 0.000000423. The number of carbonyl (C=O) groups is 1. The third-order valence-electron chi connectivity index (χ3n) is 4.51. The number of benzene rings is 2. The fraction of sp³-hybridized carbons (Fsp3) is 0.304. The summed E-state index contributed by atoms with van der Waals surface area (Å²) in [5.74, 6) is -1.88. The highest BCUT2D eigenvalue weighted by Crippen LogP contribution is 2.32. The van der Waals surface area contributed by atoms with Crippen molar-refractivity contribution in [1.82, 2.24) is 9.55 Å². The Labute approximate surface area is 179 Å². The standard InChI is InChI=1S/C21H24N2O.C2HF3O2/c1-3-4-13-19-21(18-12-8-9-14-20(18)24-2)22-16-23(19)15-17-10-6-5-7-11-17;3-2(4,5)1(6)7/h5-12,14,16H,3-4,13,15H2,1-2H3;(H,6,7). The number of carboxylic acids is 1. The lowest BCUT2D eigenvalue weighted by atomic mass is 10.1. The first kappa shape index (κ1) is 24.0. The molecule has 0 amide bonds. The van der Waals surface area contributed by atoms with Crippen molar-refractivity contribution < 1.29 is 27.8 Å². The van der Waals surface area contributed by atoms with Crippen molar-refractivity contribution in [3.05, 3.63) is 72.2 Å². The van der Waals surface area contributed by atoms with Crippen molar-refractivity contribution in [3.63, 3.8) is 0 Å². The van der Waals surface area contributed by atoms with Gasteiger partial charge in [0.2, 0.25) is 0 Å². The van der Waals surface area contributed by atoms with E-state index in [1.807, 2.05) is 24.5 Å². The van der Waals surface area contributed by atoms with Crippen LogP contribution in [0.15, 0.2) is 60.9 Å². The number of hydrogen-bond acceptors (Lipinski definition) is 3. The fourth-order valence-electron chi connectivity index (χ4n) is 3.00. The van der Waals surface area contributed by atoms with Crippen LogP contribution in [0.3, 0.4) is 0 Å². The van der Waals surface area contributed by atoms with Crippen LogP contribution < -0.4 is 4.74 Å². The van der Waals surface area contributed by atoms with Crippen molar-refractivity contribution in [1.29, 1.82) is 0 Å². The van der Waals surface area contributed by atoms with E-state index in [-0.39, 0.29) is 0 Å². The van der Waals surface area contributed by atoms with Gasteiger partial charge in [-0.3, -0.25) is 0 Å². The predicted octanol–water partition coefficient (Wildman–Crippen LogP) is 5.58. The zero-order chi connectivity index (χ0) is 22.9. The molecule has 0 aliphatic heterocycles. The Hall–Kier alpha value is -3.29. The minimum atomic E-state index is -5.08. The van der Waals surface area contributed by atoms with Gasteiger partial charge in [0.1, 0.15) is 5.75 Å². The summed E-state index contributed by atoms with van der Waals surface area (Å²) in [7, 11) is 1.71. The van der Waals surface area contributed by atoms with Crippen LogP contribution >= 0.6 is 0 Å². The van der Waals surface area contributed by atoms with E-state index in [9.17, 15) is 13.2 Å². The molecule has 31 heavy (non-hydrogen) atoms. The first-order valence-corrected chi connectivity index (χ1v) is 9.79. The summed E-state index contributed by atoms with van der Waals surface area (Å²) in [6.45, 7) is 3.07. The number of halogens is 3. The van der Waals surface area contributed by atoms with E-state index < -0.39 is 12.1 Å². The van der Waals surface area contributed by atoms with Crippen LogP contribution in [0.1, 0.15) is 31.0 Å². The van der Waals surface area contributed by atoms with Crippen LogP contribution in [0.4, 0.5) is 13.2 Å². The second kappa shape index (κ2) is 11.2. The third kappa shape index (κ3) is 6.87. The summed E-state index contributed by atoms with van der Waals surface area (Å²) >= 11 is 0. The molecule has 0 aliphatic rings. The van der Waals surface area contributed by atoms with Crippen molar-refractivity contribution >= 4 is 5.97 Å². The minimum Gasteiger partial charge on any atom is -0.496 e. The molecular formula is C23H25F3N2O3. The highest BCUT2D eigenvalue weighted by molar-refractivity contribution is 5.73. The highest BCUT2D eigenvalue weighted by Gasteiger charge is 2.38. The molecule has 0 saturated heterocycles. The lowest BCUT2D eigenvalue weighted by Crippen LogP contribution is -2.21. The van der Waals surface area contributed by atoms with Gasteiger partial charge in [0.15, 0.2) is 0 Å². The molecule has 0 atom stereocenters. The first-order chi connectivity index (χ1) is 14.8. The topological polar surface area (TPSA) is 64.4 Å².